The van der Waals surface area contributed by atoms with Gasteiger partial charge in [-0.3, -0.25) is 0 Å². The van der Waals surface area contributed by atoms with Gasteiger partial charge in [0.1, 0.15) is 16.9 Å². The normalized spacial score (nSPS) is 10.9. The van der Waals surface area contributed by atoms with Gasteiger partial charge in [-0.1, -0.05) is 18.2 Å². The maximum Gasteiger partial charge on any atom is 0.347 e. The second-order valence-electron chi connectivity index (χ2n) is 3.86. The van der Waals surface area contributed by atoms with Crippen molar-refractivity contribution >= 4 is 11.0 Å². The molecule has 0 unspecified atom stereocenters. The summed E-state index contributed by atoms with van der Waals surface area (Å²) in [4.78, 5) is 11.9. The van der Waals surface area contributed by atoms with E-state index in [9.17, 15) is 4.79 Å². The van der Waals surface area contributed by atoms with Crippen molar-refractivity contribution in [2.75, 3.05) is 0 Å². The minimum absolute atomic E-state index is 0.365. The molecule has 0 spiro atoms. The van der Waals surface area contributed by atoms with Crippen LogP contribution in [0.4, 0.5) is 0 Å². The third kappa shape index (κ3) is 1.47. The molecule has 0 saturated carbocycles. The zero-order chi connectivity index (χ0) is 11.8. The van der Waals surface area contributed by atoms with Crippen molar-refractivity contribution in [1.82, 2.24) is 0 Å². The Labute approximate surface area is 97.3 Å². The molecule has 0 aliphatic rings. The zero-order valence-electron chi connectivity index (χ0n) is 9.27. The summed E-state index contributed by atoms with van der Waals surface area (Å²) in [5.41, 5.74) is 1.61. The van der Waals surface area contributed by atoms with Gasteiger partial charge in [0.05, 0.1) is 6.26 Å². The largest absolute Gasteiger partial charge is 0.464 e. The number of fused-ring (bicyclic) bond motifs is 1. The number of hydrogen-bond donors (Lipinski definition) is 0. The van der Waals surface area contributed by atoms with Crippen LogP contribution < -0.4 is 5.63 Å². The molecule has 3 heteroatoms. The van der Waals surface area contributed by atoms with Crippen LogP contribution in [0.2, 0.25) is 0 Å². The van der Waals surface area contributed by atoms with Gasteiger partial charge in [-0.15, -0.1) is 0 Å². The molecule has 0 radical (unpaired) electrons. The second-order valence-corrected chi connectivity index (χ2v) is 3.86. The maximum absolute atomic E-state index is 11.9. The Morgan fingerprint density at radius 3 is 2.65 bits per heavy atom. The molecule has 0 atom stereocenters. The maximum atomic E-state index is 11.9. The van der Waals surface area contributed by atoms with Crippen molar-refractivity contribution in [3.63, 3.8) is 0 Å². The molecule has 0 fully saturated rings. The third-order valence-corrected chi connectivity index (χ3v) is 2.84. The Morgan fingerprint density at radius 2 is 1.88 bits per heavy atom. The molecule has 3 rings (SSSR count). The number of hydrogen-bond acceptors (Lipinski definition) is 3. The number of furan rings is 1. The van der Waals surface area contributed by atoms with E-state index in [0.29, 0.717) is 16.9 Å². The van der Waals surface area contributed by atoms with Gasteiger partial charge >= 0.3 is 5.63 Å². The van der Waals surface area contributed by atoms with Crippen LogP contribution in [-0.2, 0) is 0 Å². The van der Waals surface area contributed by atoms with E-state index in [-0.39, 0.29) is 5.63 Å². The fourth-order valence-electron chi connectivity index (χ4n) is 2.01. The first kappa shape index (κ1) is 9.90. The Kier molecular flexibility index (Phi) is 2.11. The number of aryl methyl sites for hydroxylation is 1. The van der Waals surface area contributed by atoms with Crippen molar-refractivity contribution in [3.8, 4) is 11.3 Å². The third-order valence-electron chi connectivity index (χ3n) is 2.84. The van der Waals surface area contributed by atoms with Crippen LogP contribution in [0.1, 0.15) is 5.56 Å². The van der Waals surface area contributed by atoms with Gasteiger partial charge in [0.25, 0.3) is 0 Å². The highest BCUT2D eigenvalue weighted by Crippen LogP contribution is 2.26. The number of benzene rings is 1. The molecule has 84 valence electrons. The highest BCUT2D eigenvalue weighted by Gasteiger charge is 2.14. The lowest BCUT2D eigenvalue weighted by Crippen LogP contribution is -2.05. The van der Waals surface area contributed by atoms with Gasteiger partial charge < -0.3 is 8.83 Å². The average molecular weight is 226 g/mol. The average Bonchev–Trinajstić information content (AvgIpc) is 2.83. The van der Waals surface area contributed by atoms with Gasteiger partial charge in [-0.2, -0.15) is 0 Å². The van der Waals surface area contributed by atoms with E-state index in [4.69, 9.17) is 8.83 Å². The molecular formula is C14H10O3. The monoisotopic (exact) mass is 226 g/mol. The molecule has 3 aromatic rings. The summed E-state index contributed by atoms with van der Waals surface area (Å²) in [6.45, 7) is 1.90. The highest BCUT2D eigenvalue weighted by atomic mass is 16.4. The van der Waals surface area contributed by atoms with Crippen molar-refractivity contribution in [2.24, 2.45) is 0 Å². The minimum Gasteiger partial charge on any atom is -0.464 e. The lowest BCUT2D eigenvalue weighted by molar-refractivity contribution is 0.546. The summed E-state index contributed by atoms with van der Waals surface area (Å²) in [7, 11) is 0. The smallest absolute Gasteiger partial charge is 0.347 e. The summed E-state index contributed by atoms with van der Waals surface area (Å²) in [5.74, 6) is 0.544. The first-order valence-corrected chi connectivity index (χ1v) is 5.33. The van der Waals surface area contributed by atoms with Crippen molar-refractivity contribution in [1.29, 1.82) is 0 Å². The standard InChI is InChI=1S/C14H10O3/c1-9-10-5-2-3-6-11(10)17-14(15)13(9)12-7-4-8-16-12/h2-8H,1H3. The van der Waals surface area contributed by atoms with Crippen LogP contribution in [0.5, 0.6) is 0 Å². The summed E-state index contributed by atoms with van der Waals surface area (Å²) in [6.07, 6.45) is 1.55. The van der Waals surface area contributed by atoms with Gasteiger partial charge in [0.2, 0.25) is 0 Å². The van der Waals surface area contributed by atoms with Gasteiger partial charge in [-0.05, 0) is 30.7 Å². The lowest BCUT2D eigenvalue weighted by Gasteiger charge is -2.04. The molecule has 1 aromatic carbocycles. The fourth-order valence-corrected chi connectivity index (χ4v) is 2.01. The van der Waals surface area contributed by atoms with Crippen molar-refractivity contribution in [2.45, 2.75) is 6.92 Å². The zero-order valence-corrected chi connectivity index (χ0v) is 9.27. The number of para-hydroxylation sites is 1. The predicted molar refractivity (Wildman–Crippen MR) is 64.9 cm³/mol. The lowest BCUT2D eigenvalue weighted by atomic mass is 10.0. The van der Waals surface area contributed by atoms with Crippen LogP contribution >= 0.6 is 0 Å². The Bertz CT molecular complexity index is 721. The SMILES string of the molecule is Cc1c(-c2ccco2)c(=O)oc2ccccc12. The molecule has 0 aliphatic heterocycles. The Morgan fingerprint density at radius 1 is 1.06 bits per heavy atom. The van der Waals surface area contributed by atoms with Gasteiger partial charge in [0, 0.05) is 5.39 Å². The first-order chi connectivity index (χ1) is 8.27. The second kappa shape index (κ2) is 3.63. The van der Waals surface area contributed by atoms with Gasteiger partial charge in [0.15, 0.2) is 0 Å². The summed E-state index contributed by atoms with van der Waals surface area (Å²) < 4.78 is 10.6. The van der Waals surface area contributed by atoms with E-state index in [1.807, 2.05) is 25.1 Å². The topological polar surface area (TPSA) is 43.4 Å². The van der Waals surface area contributed by atoms with Crippen LogP contribution in [0.25, 0.3) is 22.3 Å². The van der Waals surface area contributed by atoms with Gasteiger partial charge in [-0.25, -0.2) is 4.79 Å². The predicted octanol–water partition coefficient (Wildman–Crippen LogP) is 3.36. The summed E-state index contributed by atoms with van der Waals surface area (Å²) in [5, 5.41) is 0.929. The molecule has 17 heavy (non-hydrogen) atoms. The van der Waals surface area contributed by atoms with Crippen LogP contribution in [0.3, 0.4) is 0 Å². The van der Waals surface area contributed by atoms with Crippen LogP contribution in [0.15, 0.2) is 56.3 Å². The molecule has 2 aromatic heterocycles. The van der Waals surface area contributed by atoms with Crippen molar-refractivity contribution < 1.29 is 8.83 Å². The van der Waals surface area contributed by atoms with E-state index in [2.05, 4.69) is 0 Å². The molecule has 2 heterocycles. The van der Waals surface area contributed by atoms with Crippen LogP contribution in [0, 0.1) is 6.92 Å². The van der Waals surface area contributed by atoms with E-state index in [1.54, 1.807) is 24.5 Å². The van der Waals surface area contributed by atoms with Crippen molar-refractivity contribution in [3.05, 3.63) is 58.6 Å². The Hall–Kier alpha value is -2.29. The minimum atomic E-state index is -0.365. The fraction of sp³-hybridized carbons (Fsp3) is 0.0714. The quantitative estimate of drug-likeness (QED) is 0.597. The summed E-state index contributed by atoms with van der Waals surface area (Å²) >= 11 is 0. The Balaban J connectivity index is 2.44. The van der Waals surface area contributed by atoms with Crippen LogP contribution in [-0.4, -0.2) is 0 Å². The molecule has 0 amide bonds. The van der Waals surface area contributed by atoms with E-state index < -0.39 is 0 Å². The summed E-state index contributed by atoms with van der Waals surface area (Å²) in [6, 6.07) is 11.0. The molecular weight excluding hydrogens is 216 g/mol. The molecule has 3 nitrogen and oxygen atoms in total. The molecule has 0 saturated heterocycles. The van der Waals surface area contributed by atoms with E-state index in [0.717, 1.165) is 10.9 Å². The number of rotatable bonds is 1. The highest BCUT2D eigenvalue weighted by molar-refractivity contribution is 5.85. The molecule has 0 N–H and O–H groups in total. The first-order valence-electron chi connectivity index (χ1n) is 5.33. The van der Waals surface area contributed by atoms with E-state index >= 15 is 0 Å². The molecule has 0 aliphatic carbocycles. The molecule has 0 bridgehead atoms. The van der Waals surface area contributed by atoms with E-state index in [1.165, 1.54) is 0 Å².